The van der Waals surface area contributed by atoms with E-state index in [1.54, 1.807) is 11.8 Å². The molecule has 3 rings (SSSR count). The number of carbonyl (C=O) groups is 1. The van der Waals surface area contributed by atoms with Crippen molar-refractivity contribution in [1.29, 1.82) is 0 Å². The first-order chi connectivity index (χ1) is 11.1. The van der Waals surface area contributed by atoms with Gasteiger partial charge >= 0.3 is 0 Å². The molecule has 1 amide bonds. The van der Waals surface area contributed by atoms with Crippen molar-refractivity contribution in [2.75, 3.05) is 5.75 Å². The number of hydrogen-bond donors (Lipinski definition) is 1. The normalized spacial score (nSPS) is 24.5. The molecule has 122 valence electrons. The molecule has 0 saturated heterocycles. The summed E-state index contributed by atoms with van der Waals surface area (Å²) >= 11 is 1.62. The number of rotatable bonds is 4. The molecule has 0 radical (unpaired) electrons. The molecule has 2 aromatic carbocycles. The van der Waals surface area contributed by atoms with E-state index < -0.39 is 0 Å². The van der Waals surface area contributed by atoms with Crippen LogP contribution in [0, 0.1) is 11.8 Å². The third-order valence-electron chi connectivity index (χ3n) is 5.14. The highest BCUT2D eigenvalue weighted by molar-refractivity contribution is 8.00. The summed E-state index contributed by atoms with van der Waals surface area (Å²) in [4.78, 5) is 13.4. The maximum atomic E-state index is 12.3. The summed E-state index contributed by atoms with van der Waals surface area (Å²) in [6.45, 7) is 4.57. The van der Waals surface area contributed by atoms with Crippen molar-refractivity contribution in [3.63, 3.8) is 0 Å². The Kier molecular flexibility index (Phi) is 5.27. The molecule has 2 nitrogen and oxygen atoms in total. The molecule has 3 heteroatoms. The quantitative estimate of drug-likeness (QED) is 0.812. The van der Waals surface area contributed by atoms with E-state index in [-0.39, 0.29) is 5.91 Å². The van der Waals surface area contributed by atoms with Gasteiger partial charge in [0, 0.05) is 10.9 Å². The van der Waals surface area contributed by atoms with Gasteiger partial charge in [-0.1, -0.05) is 57.0 Å². The van der Waals surface area contributed by atoms with Gasteiger partial charge < -0.3 is 5.32 Å². The summed E-state index contributed by atoms with van der Waals surface area (Å²) < 4.78 is 0. The Hall–Kier alpha value is -1.48. The number of hydrogen-bond acceptors (Lipinski definition) is 2. The van der Waals surface area contributed by atoms with Crippen molar-refractivity contribution >= 4 is 28.4 Å². The largest absolute Gasteiger partial charge is 0.352 e. The summed E-state index contributed by atoms with van der Waals surface area (Å²) in [5.74, 6) is 1.95. The van der Waals surface area contributed by atoms with Crippen molar-refractivity contribution in [1.82, 2.24) is 5.32 Å². The van der Waals surface area contributed by atoms with Crippen LogP contribution in [-0.2, 0) is 4.79 Å². The maximum absolute atomic E-state index is 12.3. The molecule has 1 fully saturated rings. The Morgan fingerprint density at radius 3 is 2.74 bits per heavy atom. The molecule has 1 aliphatic carbocycles. The fourth-order valence-electron chi connectivity index (χ4n) is 3.44. The monoisotopic (exact) mass is 327 g/mol. The van der Waals surface area contributed by atoms with Gasteiger partial charge in [-0.15, -0.1) is 11.8 Å². The molecule has 23 heavy (non-hydrogen) atoms. The highest BCUT2D eigenvalue weighted by Crippen LogP contribution is 2.30. The van der Waals surface area contributed by atoms with Crippen molar-refractivity contribution < 1.29 is 4.79 Å². The average Bonchev–Trinajstić information content (AvgIpc) is 2.57. The Balaban J connectivity index is 1.55. The minimum Gasteiger partial charge on any atom is -0.352 e. The highest BCUT2D eigenvalue weighted by atomic mass is 32.2. The van der Waals surface area contributed by atoms with E-state index in [4.69, 9.17) is 0 Å². The second-order valence-corrected chi connectivity index (χ2v) is 7.79. The van der Waals surface area contributed by atoms with Crippen molar-refractivity contribution in [3.05, 3.63) is 42.5 Å². The molecule has 0 spiro atoms. The van der Waals surface area contributed by atoms with E-state index >= 15 is 0 Å². The summed E-state index contributed by atoms with van der Waals surface area (Å²) in [5, 5.41) is 5.72. The van der Waals surface area contributed by atoms with Gasteiger partial charge in [0.2, 0.25) is 5.91 Å². The second-order valence-electron chi connectivity index (χ2n) is 6.74. The summed E-state index contributed by atoms with van der Waals surface area (Å²) in [7, 11) is 0. The fraction of sp³-hybridized carbons (Fsp3) is 0.450. The predicted octanol–water partition coefficient (Wildman–Crippen LogP) is 4.87. The SMILES string of the molecule is C[C@@H]1[C@@H](C)CCC[C@H]1NC(=O)CSc1ccc2ccccc2c1. The summed E-state index contributed by atoms with van der Waals surface area (Å²) in [6.07, 6.45) is 3.64. The number of nitrogens with one attached hydrogen (secondary N) is 1. The Morgan fingerprint density at radius 1 is 1.13 bits per heavy atom. The molecule has 1 saturated carbocycles. The van der Waals surface area contributed by atoms with Gasteiger partial charge in [-0.05, 0) is 41.2 Å². The van der Waals surface area contributed by atoms with Crippen LogP contribution in [0.15, 0.2) is 47.4 Å². The first-order valence-corrected chi connectivity index (χ1v) is 9.53. The van der Waals surface area contributed by atoms with E-state index in [1.165, 1.54) is 23.6 Å². The van der Waals surface area contributed by atoms with Gasteiger partial charge in [-0.25, -0.2) is 0 Å². The van der Waals surface area contributed by atoms with E-state index in [2.05, 4.69) is 61.6 Å². The zero-order chi connectivity index (χ0) is 16.2. The first-order valence-electron chi connectivity index (χ1n) is 8.54. The number of thioether (sulfide) groups is 1. The Labute approximate surface area is 143 Å². The molecule has 2 aromatic rings. The summed E-state index contributed by atoms with van der Waals surface area (Å²) in [6, 6.07) is 15.1. The minimum absolute atomic E-state index is 0.161. The second kappa shape index (κ2) is 7.39. The van der Waals surface area contributed by atoms with E-state index in [9.17, 15) is 4.79 Å². The molecular weight excluding hydrogens is 302 g/mol. The third kappa shape index (κ3) is 4.08. The average molecular weight is 327 g/mol. The van der Waals surface area contributed by atoms with Gasteiger partial charge in [0.05, 0.1) is 5.75 Å². The molecular formula is C20H25NOS. The van der Waals surface area contributed by atoms with Gasteiger partial charge in [0.1, 0.15) is 0 Å². The van der Waals surface area contributed by atoms with E-state index in [1.807, 2.05) is 0 Å². The number of benzene rings is 2. The lowest BCUT2D eigenvalue weighted by Gasteiger charge is -2.34. The Morgan fingerprint density at radius 2 is 1.91 bits per heavy atom. The van der Waals surface area contributed by atoms with Crippen LogP contribution < -0.4 is 5.32 Å². The smallest absolute Gasteiger partial charge is 0.230 e. The van der Waals surface area contributed by atoms with Crippen molar-refractivity contribution in [2.45, 2.75) is 44.0 Å². The molecule has 1 N–H and O–H groups in total. The minimum atomic E-state index is 0.161. The van der Waals surface area contributed by atoms with Crippen LogP contribution >= 0.6 is 11.8 Å². The van der Waals surface area contributed by atoms with E-state index in [0.29, 0.717) is 23.6 Å². The van der Waals surface area contributed by atoms with Crippen LogP contribution in [0.5, 0.6) is 0 Å². The predicted molar refractivity (Wildman–Crippen MR) is 98.8 cm³/mol. The number of fused-ring (bicyclic) bond motifs is 1. The van der Waals surface area contributed by atoms with Gasteiger partial charge in [-0.3, -0.25) is 4.79 Å². The zero-order valence-electron chi connectivity index (χ0n) is 13.9. The lowest BCUT2D eigenvalue weighted by molar-refractivity contribution is -0.119. The molecule has 0 bridgehead atoms. The molecule has 3 atom stereocenters. The van der Waals surface area contributed by atoms with Gasteiger partial charge in [0.25, 0.3) is 0 Å². The molecule has 1 aliphatic rings. The molecule has 0 aromatic heterocycles. The van der Waals surface area contributed by atoms with Crippen molar-refractivity contribution in [2.24, 2.45) is 11.8 Å². The number of amides is 1. The molecule has 0 aliphatic heterocycles. The molecule has 0 unspecified atom stereocenters. The van der Waals surface area contributed by atoms with Crippen LogP contribution in [0.1, 0.15) is 33.1 Å². The van der Waals surface area contributed by atoms with Crippen LogP contribution in [-0.4, -0.2) is 17.7 Å². The third-order valence-corrected chi connectivity index (χ3v) is 6.14. The standard InChI is InChI=1S/C20H25NOS/c1-14-6-5-9-19(15(14)2)21-20(22)13-23-18-11-10-16-7-3-4-8-17(16)12-18/h3-4,7-8,10-12,14-15,19H,5-6,9,13H2,1-2H3,(H,21,22)/t14-,15+,19+/m0/s1. The summed E-state index contributed by atoms with van der Waals surface area (Å²) in [5.41, 5.74) is 0. The maximum Gasteiger partial charge on any atom is 0.230 e. The lowest BCUT2D eigenvalue weighted by Crippen LogP contribution is -2.44. The van der Waals surface area contributed by atoms with Crippen LogP contribution in [0.3, 0.4) is 0 Å². The van der Waals surface area contributed by atoms with Crippen molar-refractivity contribution in [3.8, 4) is 0 Å². The zero-order valence-corrected chi connectivity index (χ0v) is 14.7. The van der Waals surface area contributed by atoms with Crippen LogP contribution in [0.2, 0.25) is 0 Å². The Bertz CT molecular complexity index is 684. The number of carbonyl (C=O) groups excluding carboxylic acids is 1. The van der Waals surface area contributed by atoms with Crippen LogP contribution in [0.4, 0.5) is 0 Å². The van der Waals surface area contributed by atoms with Gasteiger partial charge in [0.15, 0.2) is 0 Å². The molecule has 0 heterocycles. The fourth-order valence-corrected chi connectivity index (χ4v) is 4.20. The first kappa shape index (κ1) is 16.4. The van der Waals surface area contributed by atoms with Gasteiger partial charge in [-0.2, -0.15) is 0 Å². The van der Waals surface area contributed by atoms with Crippen LogP contribution in [0.25, 0.3) is 10.8 Å². The lowest BCUT2D eigenvalue weighted by atomic mass is 9.78. The van der Waals surface area contributed by atoms with E-state index in [0.717, 1.165) is 11.3 Å². The highest BCUT2D eigenvalue weighted by Gasteiger charge is 2.27. The topological polar surface area (TPSA) is 29.1 Å².